The number of nitrogens with one attached hydrogen (secondary N) is 1. The molecular weight excluding hydrogens is 226 g/mol. The van der Waals surface area contributed by atoms with E-state index >= 15 is 0 Å². The number of H-pyrrole nitrogens is 1. The molecule has 0 aliphatic heterocycles. The molecule has 0 unspecified atom stereocenters. The fourth-order valence-electron chi connectivity index (χ4n) is 1.49. The Morgan fingerprint density at radius 2 is 2.19 bits per heavy atom. The first kappa shape index (κ1) is 13.3. The SMILES string of the molecule is CCN(CCC[Si](O)(O)O)Cc1ncc[nH]1. The highest BCUT2D eigenvalue weighted by Gasteiger charge is 2.25. The first-order valence-corrected chi connectivity index (χ1v) is 7.44. The molecular formula is C9H19N3O3Si. The third-order valence-electron chi connectivity index (χ3n) is 2.36. The van der Waals surface area contributed by atoms with Gasteiger partial charge >= 0.3 is 8.80 Å². The lowest BCUT2D eigenvalue weighted by atomic mass is 10.4. The fourth-order valence-corrected chi connectivity index (χ4v) is 2.12. The predicted octanol–water partition coefficient (Wildman–Crippen LogP) is -0.463. The molecule has 1 aromatic heterocycles. The molecule has 1 rings (SSSR count). The summed E-state index contributed by atoms with van der Waals surface area (Å²) in [4.78, 5) is 35.9. The van der Waals surface area contributed by atoms with Crippen LogP contribution in [0.5, 0.6) is 0 Å². The van der Waals surface area contributed by atoms with Gasteiger partial charge in [-0.1, -0.05) is 6.92 Å². The second-order valence-electron chi connectivity index (χ2n) is 3.78. The number of nitrogens with zero attached hydrogens (tertiary/aromatic N) is 2. The van der Waals surface area contributed by atoms with Crippen molar-refractivity contribution in [1.29, 1.82) is 0 Å². The molecule has 92 valence electrons. The third-order valence-corrected chi connectivity index (χ3v) is 3.39. The Kier molecular flexibility index (Phi) is 5.09. The van der Waals surface area contributed by atoms with Crippen LogP contribution in [0.25, 0.3) is 0 Å². The molecule has 0 fully saturated rings. The molecule has 0 bridgehead atoms. The predicted molar refractivity (Wildman–Crippen MR) is 61.4 cm³/mol. The summed E-state index contributed by atoms with van der Waals surface area (Å²) in [6, 6.07) is 0.0850. The Balaban J connectivity index is 2.27. The van der Waals surface area contributed by atoms with E-state index in [2.05, 4.69) is 14.9 Å². The molecule has 0 atom stereocenters. The van der Waals surface area contributed by atoms with Crippen LogP contribution in [0, 0.1) is 0 Å². The van der Waals surface area contributed by atoms with E-state index in [4.69, 9.17) is 14.4 Å². The smallest absolute Gasteiger partial charge is 0.390 e. The van der Waals surface area contributed by atoms with E-state index in [1.54, 1.807) is 12.4 Å². The Hall–Kier alpha value is -0.733. The summed E-state index contributed by atoms with van der Waals surface area (Å²) in [6.45, 7) is 4.32. The molecule has 1 aromatic rings. The largest absolute Gasteiger partial charge is 0.492 e. The molecule has 16 heavy (non-hydrogen) atoms. The second-order valence-corrected chi connectivity index (χ2v) is 5.83. The summed E-state index contributed by atoms with van der Waals surface area (Å²) in [5.74, 6) is 0.891. The topological polar surface area (TPSA) is 92.6 Å². The van der Waals surface area contributed by atoms with Gasteiger partial charge in [0, 0.05) is 18.4 Å². The summed E-state index contributed by atoms with van der Waals surface area (Å²) in [5.41, 5.74) is 0. The van der Waals surface area contributed by atoms with E-state index in [1.165, 1.54) is 0 Å². The number of rotatable bonds is 7. The van der Waals surface area contributed by atoms with E-state index in [9.17, 15) is 0 Å². The van der Waals surface area contributed by atoms with E-state index in [0.717, 1.165) is 12.4 Å². The Morgan fingerprint density at radius 3 is 2.69 bits per heavy atom. The molecule has 4 N–H and O–H groups in total. The van der Waals surface area contributed by atoms with Gasteiger partial charge in [-0.3, -0.25) is 4.90 Å². The molecule has 1 heterocycles. The highest BCUT2D eigenvalue weighted by molar-refractivity contribution is 6.56. The van der Waals surface area contributed by atoms with Crippen LogP contribution in [0.1, 0.15) is 19.2 Å². The molecule has 0 amide bonds. The normalized spacial score (nSPS) is 12.3. The number of hydrogen-bond acceptors (Lipinski definition) is 5. The summed E-state index contributed by atoms with van der Waals surface area (Å²) < 4.78 is 0. The minimum absolute atomic E-state index is 0.0850. The van der Waals surface area contributed by atoms with Gasteiger partial charge < -0.3 is 19.4 Å². The number of aromatic amines is 1. The zero-order valence-electron chi connectivity index (χ0n) is 9.43. The zero-order chi connectivity index (χ0) is 12.0. The van der Waals surface area contributed by atoms with Crippen molar-refractivity contribution in [3.63, 3.8) is 0 Å². The first-order chi connectivity index (χ1) is 7.51. The van der Waals surface area contributed by atoms with Gasteiger partial charge in [-0.15, -0.1) is 0 Å². The number of aromatic nitrogens is 2. The van der Waals surface area contributed by atoms with Crippen molar-refractivity contribution in [2.45, 2.75) is 25.9 Å². The lowest BCUT2D eigenvalue weighted by Crippen LogP contribution is -2.35. The van der Waals surface area contributed by atoms with Gasteiger partial charge in [0.2, 0.25) is 0 Å². The molecule has 6 nitrogen and oxygen atoms in total. The van der Waals surface area contributed by atoms with Gasteiger partial charge in [0.05, 0.1) is 6.54 Å². The van der Waals surface area contributed by atoms with Gasteiger partial charge in [-0.25, -0.2) is 4.98 Å². The molecule has 0 aromatic carbocycles. The number of hydrogen-bond donors (Lipinski definition) is 4. The summed E-state index contributed by atoms with van der Waals surface area (Å²) in [5, 5.41) is 0. The van der Waals surface area contributed by atoms with Crippen molar-refractivity contribution in [2.75, 3.05) is 13.1 Å². The zero-order valence-corrected chi connectivity index (χ0v) is 10.4. The van der Waals surface area contributed by atoms with Gasteiger partial charge in [0.15, 0.2) is 0 Å². The van der Waals surface area contributed by atoms with Crippen molar-refractivity contribution in [3.8, 4) is 0 Å². The molecule has 0 radical (unpaired) electrons. The van der Waals surface area contributed by atoms with Crippen molar-refractivity contribution < 1.29 is 14.4 Å². The van der Waals surface area contributed by atoms with Gasteiger partial charge in [0.1, 0.15) is 5.82 Å². The van der Waals surface area contributed by atoms with E-state index in [0.29, 0.717) is 19.5 Å². The Bertz CT molecular complexity index is 287. The summed E-state index contributed by atoms with van der Waals surface area (Å²) >= 11 is 0. The molecule has 0 aliphatic carbocycles. The van der Waals surface area contributed by atoms with Crippen molar-refractivity contribution in [2.24, 2.45) is 0 Å². The maximum atomic E-state index is 8.87. The fraction of sp³-hybridized carbons (Fsp3) is 0.667. The molecule has 7 heteroatoms. The van der Waals surface area contributed by atoms with Gasteiger partial charge in [-0.05, 0) is 19.5 Å². The summed E-state index contributed by atoms with van der Waals surface area (Å²) in [6.07, 6.45) is 4.05. The minimum Gasteiger partial charge on any atom is -0.390 e. The van der Waals surface area contributed by atoms with Crippen molar-refractivity contribution >= 4 is 8.80 Å². The maximum absolute atomic E-state index is 8.87. The van der Waals surface area contributed by atoms with Crippen LogP contribution in [-0.2, 0) is 6.54 Å². The Labute approximate surface area is 95.9 Å². The van der Waals surface area contributed by atoms with E-state index in [-0.39, 0.29) is 6.04 Å². The summed E-state index contributed by atoms with van der Waals surface area (Å²) in [7, 11) is -3.87. The van der Waals surface area contributed by atoms with E-state index in [1.807, 2.05) is 6.92 Å². The van der Waals surface area contributed by atoms with Gasteiger partial charge in [0.25, 0.3) is 0 Å². The maximum Gasteiger partial charge on any atom is 0.492 e. The Morgan fingerprint density at radius 1 is 1.44 bits per heavy atom. The van der Waals surface area contributed by atoms with Crippen LogP contribution in [-0.4, -0.2) is 51.1 Å². The highest BCUT2D eigenvalue weighted by atomic mass is 28.4. The lowest BCUT2D eigenvalue weighted by Gasteiger charge is -2.19. The lowest BCUT2D eigenvalue weighted by molar-refractivity contribution is 0.217. The van der Waals surface area contributed by atoms with Crippen molar-refractivity contribution in [3.05, 3.63) is 18.2 Å². The molecule has 0 spiro atoms. The van der Waals surface area contributed by atoms with Crippen LogP contribution < -0.4 is 0 Å². The van der Waals surface area contributed by atoms with Crippen LogP contribution in [0.4, 0.5) is 0 Å². The van der Waals surface area contributed by atoms with Crippen LogP contribution >= 0.6 is 0 Å². The number of imidazole rings is 1. The van der Waals surface area contributed by atoms with Crippen molar-refractivity contribution in [1.82, 2.24) is 14.9 Å². The van der Waals surface area contributed by atoms with Gasteiger partial charge in [-0.2, -0.15) is 0 Å². The highest BCUT2D eigenvalue weighted by Crippen LogP contribution is 2.05. The van der Waals surface area contributed by atoms with E-state index < -0.39 is 8.80 Å². The van der Waals surface area contributed by atoms with Crippen LogP contribution in [0.15, 0.2) is 12.4 Å². The average molecular weight is 245 g/mol. The first-order valence-electron chi connectivity index (χ1n) is 5.39. The quantitative estimate of drug-likeness (QED) is 0.488. The molecule has 0 saturated carbocycles. The molecule has 0 saturated heterocycles. The second kappa shape index (κ2) is 6.11. The standard InChI is InChI=1S/C9H19N3O3Si/c1-2-12(6-3-7-16(13,14)15)8-9-10-4-5-11-9/h4-5,13-15H,2-3,6-8H2,1H3,(H,10,11). The minimum atomic E-state index is -3.87. The monoisotopic (exact) mass is 245 g/mol. The van der Waals surface area contributed by atoms with Crippen LogP contribution in [0.3, 0.4) is 0 Å². The third kappa shape index (κ3) is 5.38. The molecule has 0 aliphatic rings. The average Bonchev–Trinajstić information content (AvgIpc) is 2.67. The van der Waals surface area contributed by atoms with Crippen LogP contribution in [0.2, 0.25) is 6.04 Å².